The average molecular weight is 487 g/mol. The second-order valence-corrected chi connectivity index (χ2v) is 9.08. The van der Waals surface area contributed by atoms with Crippen molar-refractivity contribution in [1.29, 1.82) is 0 Å². The molecule has 0 fully saturated rings. The van der Waals surface area contributed by atoms with E-state index in [0.29, 0.717) is 0 Å². The van der Waals surface area contributed by atoms with E-state index in [4.69, 9.17) is 4.42 Å². The number of halogens is 2. The van der Waals surface area contributed by atoms with Gasteiger partial charge in [-0.2, -0.15) is 8.78 Å². The number of anilines is 1. The predicted octanol–water partition coefficient (Wildman–Crippen LogP) is 3.90. The van der Waals surface area contributed by atoms with Crippen LogP contribution < -0.4 is 10.0 Å². The van der Waals surface area contributed by atoms with Crippen LogP contribution in [0.15, 0.2) is 76.3 Å². The quantitative estimate of drug-likeness (QED) is 0.365. The zero-order valence-electron chi connectivity index (χ0n) is 17.9. The molecule has 9 nitrogen and oxygen atoms in total. The molecule has 0 amide bonds. The fourth-order valence-corrected chi connectivity index (χ4v) is 4.09. The standard InChI is InChI=1S/C22H20F2N6O3S/c1-14-7-9-17(10-8-14)34(31,32)27-13-18(15-5-3-2-4-6-15)28-22-25-11-16(12-26-22)20-29-30-21(33-20)19(23)24/h2-12,18-19,27H,13H2,1H3,(H,25,26,28). The number of nitrogens with one attached hydrogen (secondary N) is 2. The van der Waals surface area contributed by atoms with Crippen LogP contribution in [0.1, 0.15) is 29.5 Å². The molecule has 34 heavy (non-hydrogen) atoms. The summed E-state index contributed by atoms with van der Waals surface area (Å²) in [4.78, 5) is 8.50. The first-order chi connectivity index (χ1) is 16.3. The molecule has 0 spiro atoms. The van der Waals surface area contributed by atoms with Crippen LogP contribution in [-0.4, -0.2) is 35.1 Å². The summed E-state index contributed by atoms with van der Waals surface area (Å²) in [5.74, 6) is -0.727. The number of benzene rings is 2. The van der Waals surface area contributed by atoms with Crippen molar-refractivity contribution in [2.45, 2.75) is 24.3 Å². The minimum atomic E-state index is -3.74. The van der Waals surface area contributed by atoms with Crippen molar-refractivity contribution in [3.8, 4) is 11.5 Å². The number of aryl methyl sites for hydroxylation is 1. The largest absolute Gasteiger partial charge is 0.415 e. The van der Waals surface area contributed by atoms with Gasteiger partial charge in [-0.05, 0) is 24.6 Å². The third-order valence-electron chi connectivity index (χ3n) is 4.84. The summed E-state index contributed by atoms with van der Waals surface area (Å²) in [6.45, 7) is 1.90. The number of sulfonamides is 1. The van der Waals surface area contributed by atoms with Gasteiger partial charge in [-0.3, -0.25) is 0 Å². The number of nitrogens with zero attached hydrogens (tertiary/aromatic N) is 4. The van der Waals surface area contributed by atoms with E-state index in [2.05, 4.69) is 30.2 Å². The first-order valence-corrected chi connectivity index (χ1v) is 11.6. The van der Waals surface area contributed by atoms with Gasteiger partial charge < -0.3 is 9.73 Å². The van der Waals surface area contributed by atoms with Crippen molar-refractivity contribution in [1.82, 2.24) is 24.9 Å². The molecule has 0 aliphatic carbocycles. The minimum Gasteiger partial charge on any atom is -0.415 e. The first-order valence-electron chi connectivity index (χ1n) is 10.1. The van der Waals surface area contributed by atoms with Gasteiger partial charge in [0.05, 0.1) is 16.5 Å². The van der Waals surface area contributed by atoms with Gasteiger partial charge in [0.25, 0.3) is 11.8 Å². The van der Waals surface area contributed by atoms with Crippen molar-refractivity contribution >= 4 is 16.0 Å². The van der Waals surface area contributed by atoms with Crippen LogP contribution >= 0.6 is 0 Å². The highest BCUT2D eigenvalue weighted by atomic mass is 32.2. The molecule has 2 N–H and O–H groups in total. The van der Waals surface area contributed by atoms with Crippen LogP contribution in [0, 0.1) is 6.92 Å². The summed E-state index contributed by atoms with van der Waals surface area (Å²) in [5.41, 5.74) is 2.02. The Morgan fingerprint density at radius 2 is 1.65 bits per heavy atom. The summed E-state index contributed by atoms with van der Waals surface area (Å²) >= 11 is 0. The van der Waals surface area contributed by atoms with Gasteiger partial charge >= 0.3 is 6.43 Å². The third kappa shape index (κ3) is 5.58. The van der Waals surface area contributed by atoms with Gasteiger partial charge in [-0.15, -0.1) is 10.2 Å². The zero-order valence-corrected chi connectivity index (χ0v) is 18.7. The van der Waals surface area contributed by atoms with Gasteiger partial charge in [0.15, 0.2) is 0 Å². The monoisotopic (exact) mass is 486 g/mol. The third-order valence-corrected chi connectivity index (χ3v) is 6.28. The summed E-state index contributed by atoms with van der Waals surface area (Å²) < 4.78 is 58.3. The van der Waals surface area contributed by atoms with Crippen molar-refractivity contribution in [3.63, 3.8) is 0 Å². The highest BCUT2D eigenvalue weighted by molar-refractivity contribution is 7.89. The van der Waals surface area contributed by atoms with Crippen LogP contribution in [-0.2, 0) is 10.0 Å². The van der Waals surface area contributed by atoms with Crippen LogP contribution in [0.25, 0.3) is 11.5 Å². The van der Waals surface area contributed by atoms with Crippen molar-refractivity contribution in [3.05, 3.63) is 84.0 Å². The molecule has 4 rings (SSSR count). The summed E-state index contributed by atoms with van der Waals surface area (Å²) in [7, 11) is -3.74. The lowest BCUT2D eigenvalue weighted by atomic mass is 10.1. The molecule has 0 saturated carbocycles. The molecule has 2 aromatic heterocycles. The Kier molecular flexibility index (Phi) is 6.89. The highest BCUT2D eigenvalue weighted by Gasteiger charge is 2.20. The first kappa shape index (κ1) is 23.4. The Hall–Kier alpha value is -3.77. The molecule has 12 heteroatoms. The predicted molar refractivity (Wildman–Crippen MR) is 119 cm³/mol. The maximum atomic E-state index is 12.7. The maximum absolute atomic E-state index is 12.7. The molecule has 1 atom stereocenters. The molecule has 2 heterocycles. The number of alkyl halides is 2. The topological polar surface area (TPSA) is 123 Å². The van der Waals surface area contributed by atoms with Crippen LogP contribution in [0.4, 0.5) is 14.7 Å². The Balaban J connectivity index is 1.51. The van der Waals surface area contributed by atoms with E-state index in [0.717, 1.165) is 11.1 Å². The molecular formula is C22H20F2N6O3S. The van der Waals surface area contributed by atoms with E-state index in [9.17, 15) is 17.2 Å². The van der Waals surface area contributed by atoms with Gasteiger partial charge in [0.1, 0.15) is 0 Å². The minimum absolute atomic E-state index is 0.0206. The van der Waals surface area contributed by atoms with Gasteiger partial charge in [-0.25, -0.2) is 23.1 Å². The van der Waals surface area contributed by atoms with E-state index in [-0.39, 0.29) is 28.8 Å². The Bertz CT molecular complexity index is 1330. The molecule has 0 bridgehead atoms. The summed E-state index contributed by atoms with van der Waals surface area (Å²) in [6.07, 6.45) is -0.189. The highest BCUT2D eigenvalue weighted by Crippen LogP contribution is 2.23. The molecule has 0 radical (unpaired) electrons. The lowest BCUT2D eigenvalue weighted by Crippen LogP contribution is -2.32. The maximum Gasteiger partial charge on any atom is 0.314 e. The fourth-order valence-electron chi connectivity index (χ4n) is 3.04. The van der Waals surface area contributed by atoms with Crippen molar-refractivity contribution in [2.75, 3.05) is 11.9 Å². The van der Waals surface area contributed by atoms with E-state index >= 15 is 0 Å². The molecule has 176 valence electrons. The van der Waals surface area contributed by atoms with E-state index in [1.807, 2.05) is 37.3 Å². The second-order valence-electron chi connectivity index (χ2n) is 7.31. The molecule has 2 aromatic carbocycles. The average Bonchev–Trinajstić information content (AvgIpc) is 3.34. The van der Waals surface area contributed by atoms with Crippen LogP contribution in [0.2, 0.25) is 0 Å². The molecule has 0 aliphatic rings. The van der Waals surface area contributed by atoms with E-state index < -0.39 is 28.4 Å². The van der Waals surface area contributed by atoms with Gasteiger partial charge in [0, 0.05) is 18.9 Å². The summed E-state index contributed by atoms with van der Waals surface area (Å²) in [6, 6.07) is 15.2. The summed E-state index contributed by atoms with van der Waals surface area (Å²) in [5, 5.41) is 9.93. The number of hydrogen-bond donors (Lipinski definition) is 2. The SMILES string of the molecule is Cc1ccc(S(=O)(=O)NCC(Nc2ncc(-c3nnc(C(F)F)o3)cn2)c2ccccc2)cc1. The smallest absolute Gasteiger partial charge is 0.314 e. The molecular weight excluding hydrogens is 466 g/mol. The number of hydrogen-bond acceptors (Lipinski definition) is 8. The van der Waals surface area contributed by atoms with Crippen LogP contribution in [0.3, 0.4) is 0 Å². The lowest BCUT2D eigenvalue weighted by molar-refractivity contribution is 0.116. The molecule has 0 aliphatic heterocycles. The zero-order chi connectivity index (χ0) is 24.1. The Morgan fingerprint density at radius 3 is 2.26 bits per heavy atom. The molecule has 1 unspecified atom stereocenters. The Morgan fingerprint density at radius 1 is 0.971 bits per heavy atom. The van der Waals surface area contributed by atoms with Crippen LogP contribution in [0.5, 0.6) is 0 Å². The number of aromatic nitrogens is 4. The van der Waals surface area contributed by atoms with Crippen molar-refractivity contribution in [2.24, 2.45) is 0 Å². The molecule has 4 aromatic rings. The molecule has 0 saturated heterocycles. The van der Waals surface area contributed by atoms with Gasteiger partial charge in [-0.1, -0.05) is 48.0 Å². The lowest BCUT2D eigenvalue weighted by Gasteiger charge is -2.20. The normalized spacial score (nSPS) is 12.6. The number of rotatable bonds is 9. The second kappa shape index (κ2) is 10.0. The van der Waals surface area contributed by atoms with E-state index in [1.165, 1.54) is 12.4 Å². The fraction of sp³-hybridized carbons (Fsp3) is 0.182. The van der Waals surface area contributed by atoms with Gasteiger partial charge in [0.2, 0.25) is 16.0 Å². The Labute approximate surface area is 194 Å². The van der Waals surface area contributed by atoms with Crippen molar-refractivity contribution < 1.29 is 21.6 Å². The van der Waals surface area contributed by atoms with E-state index in [1.54, 1.807) is 24.3 Å².